The van der Waals surface area contributed by atoms with Crippen LogP contribution in [0.5, 0.6) is 0 Å². The van der Waals surface area contributed by atoms with E-state index in [4.69, 9.17) is 5.73 Å². The fraction of sp³-hybridized carbons (Fsp3) is 1.00. The third-order valence-electron chi connectivity index (χ3n) is 4.73. The normalized spacial score (nSPS) is 35.3. The molecule has 1 aliphatic carbocycles. The Hall–Kier alpha value is -0.120. The molecule has 0 bridgehead atoms. The molecule has 1 saturated heterocycles. The number of hydrogen-bond acceptors (Lipinski definition) is 3. The lowest BCUT2D eigenvalue weighted by atomic mass is 9.88. The summed E-state index contributed by atoms with van der Waals surface area (Å²) in [4.78, 5) is 2.67. The lowest BCUT2D eigenvalue weighted by Gasteiger charge is -2.43. The maximum Gasteiger partial charge on any atom is 0.0609 e. The minimum Gasteiger partial charge on any atom is -0.394 e. The second-order valence-electron chi connectivity index (χ2n) is 6.50. The third-order valence-corrected chi connectivity index (χ3v) is 4.73. The Kier molecular flexibility index (Phi) is 4.11. The highest BCUT2D eigenvalue weighted by molar-refractivity contribution is 4.93. The number of piperidine rings is 1. The van der Waals surface area contributed by atoms with E-state index < -0.39 is 5.54 Å². The van der Waals surface area contributed by atoms with E-state index in [-0.39, 0.29) is 6.61 Å². The second kappa shape index (κ2) is 5.25. The van der Waals surface area contributed by atoms with Gasteiger partial charge in [-0.3, -0.25) is 4.90 Å². The second-order valence-corrected chi connectivity index (χ2v) is 6.50. The quantitative estimate of drug-likeness (QED) is 0.787. The van der Waals surface area contributed by atoms with Crippen LogP contribution in [0, 0.1) is 5.92 Å². The number of aliphatic hydroxyl groups excluding tert-OH is 1. The van der Waals surface area contributed by atoms with E-state index in [2.05, 4.69) is 11.8 Å². The van der Waals surface area contributed by atoms with Crippen LogP contribution in [0.4, 0.5) is 0 Å². The van der Waals surface area contributed by atoms with Crippen LogP contribution >= 0.6 is 0 Å². The molecule has 0 spiro atoms. The predicted molar refractivity (Wildman–Crippen MR) is 70.8 cm³/mol. The van der Waals surface area contributed by atoms with Gasteiger partial charge >= 0.3 is 0 Å². The molecule has 2 rings (SSSR count). The van der Waals surface area contributed by atoms with Crippen molar-refractivity contribution in [3.63, 3.8) is 0 Å². The SMILES string of the molecule is CC(CC(C)(N)CO)N1CCCC2CCCC21. The van der Waals surface area contributed by atoms with Gasteiger partial charge in [0.05, 0.1) is 6.61 Å². The number of aliphatic hydroxyl groups is 1. The highest BCUT2D eigenvalue weighted by Crippen LogP contribution is 2.38. The maximum absolute atomic E-state index is 9.29. The van der Waals surface area contributed by atoms with Crippen molar-refractivity contribution >= 4 is 0 Å². The van der Waals surface area contributed by atoms with Crippen molar-refractivity contribution in [3.8, 4) is 0 Å². The molecule has 17 heavy (non-hydrogen) atoms. The Balaban J connectivity index is 1.96. The lowest BCUT2D eigenvalue weighted by molar-refractivity contribution is 0.0539. The van der Waals surface area contributed by atoms with Crippen molar-refractivity contribution in [2.75, 3.05) is 13.2 Å². The summed E-state index contributed by atoms with van der Waals surface area (Å²) in [7, 11) is 0. The minimum absolute atomic E-state index is 0.0826. The zero-order chi connectivity index (χ0) is 12.5. The van der Waals surface area contributed by atoms with Gasteiger partial charge < -0.3 is 10.8 Å². The zero-order valence-corrected chi connectivity index (χ0v) is 11.4. The number of likely N-dealkylation sites (tertiary alicyclic amines) is 1. The van der Waals surface area contributed by atoms with E-state index in [1.807, 2.05) is 6.92 Å². The van der Waals surface area contributed by atoms with E-state index in [0.29, 0.717) is 6.04 Å². The average molecular weight is 240 g/mol. The van der Waals surface area contributed by atoms with Crippen LogP contribution in [-0.4, -0.2) is 40.8 Å². The molecular weight excluding hydrogens is 212 g/mol. The van der Waals surface area contributed by atoms with Crippen molar-refractivity contribution in [3.05, 3.63) is 0 Å². The Morgan fingerprint density at radius 1 is 1.35 bits per heavy atom. The Morgan fingerprint density at radius 2 is 2.06 bits per heavy atom. The zero-order valence-electron chi connectivity index (χ0n) is 11.4. The smallest absolute Gasteiger partial charge is 0.0609 e. The Labute approximate surface area is 105 Å². The Morgan fingerprint density at radius 3 is 2.76 bits per heavy atom. The summed E-state index contributed by atoms with van der Waals surface area (Å²) in [6.45, 7) is 5.55. The summed E-state index contributed by atoms with van der Waals surface area (Å²) in [5, 5.41) is 9.29. The summed E-state index contributed by atoms with van der Waals surface area (Å²) in [5.41, 5.74) is 5.66. The first-order valence-electron chi connectivity index (χ1n) is 7.19. The van der Waals surface area contributed by atoms with Crippen LogP contribution < -0.4 is 5.73 Å². The molecule has 3 heteroatoms. The number of fused-ring (bicyclic) bond motifs is 1. The van der Waals surface area contributed by atoms with Gasteiger partial charge in [0.1, 0.15) is 0 Å². The first kappa shape index (κ1) is 13.3. The predicted octanol–water partition coefficient (Wildman–Crippen LogP) is 1.74. The number of nitrogens with two attached hydrogens (primary N) is 1. The summed E-state index contributed by atoms with van der Waals surface area (Å²) in [6.07, 6.45) is 7.86. The fourth-order valence-corrected chi connectivity index (χ4v) is 3.90. The van der Waals surface area contributed by atoms with Gasteiger partial charge in [-0.25, -0.2) is 0 Å². The molecule has 4 unspecified atom stereocenters. The summed E-state index contributed by atoms with van der Waals surface area (Å²) >= 11 is 0. The largest absolute Gasteiger partial charge is 0.394 e. The number of nitrogens with zero attached hydrogens (tertiary/aromatic N) is 1. The first-order chi connectivity index (χ1) is 8.03. The molecule has 0 radical (unpaired) electrons. The van der Waals surface area contributed by atoms with Gasteiger partial charge in [-0.05, 0) is 58.4 Å². The molecule has 2 fully saturated rings. The molecular formula is C14H28N2O. The van der Waals surface area contributed by atoms with Crippen LogP contribution in [0.1, 0.15) is 52.4 Å². The van der Waals surface area contributed by atoms with E-state index in [9.17, 15) is 5.11 Å². The van der Waals surface area contributed by atoms with Gasteiger partial charge in [0.2, 0.25) is 0 Å². The molecule has 4 atom stereocenters. The van der Waals surface area contributed by atoms with Crippen LogP contribution in [0.2, 0.25) is 0 Å². The van der Waals surface area contributed by atoms with Gasteiger partial charge in [-0.2, -0.15) is 0 Å². The average Bonchev–Trinajstić information content (AvgIpc) is 2.76. The lowest BCUT2D eigenvalue weighted by Crippen LogP contribution is -2.52. The van der Waals surface area contributed by atoms with Gasteiger partial charge in [-0.1, -0.05) is 6.42 Å². The van der Waals surface area contributed by atoms with Crippen molar-refractivity contribution in [1.29, 1.82) is 0 Å². The summed E-state index contributed by atoms with van der Waals surface area (Å²) in [6, 6.07) is 1.30. The molecule has 2 aliphatic rings. The monoisotopic (exact) mass is 240 g/mol. The molecule has 0 aromatic heterocycles. The number of rotatable bonds is 4. The van der Waals surface area contributed by atoms with E-state index in [1.54, 1.807) is 0 Å². The van der Waals surface area contributed by atoms with Crippen LogP contribution in [0.25, 0.3) is 0 Å². The molecule has 1 heterocycles. The van der Waals surface area contributed by atoms with Gasteiger partial charge in [-0.15, -0.1) is 0 Å². The standard InChI is InChI=1S/C14H28N2O/c1-11(9-14(2,15)10-17)16-8-4-6-12-5-3-7-13(12)16/h11-13,17H,3-10,15H2,1-2H3. The van der Waals surface area contributed by atoms with Crippen LogP contribution in [0.15, 0.2) is 0 Å². The van der Waals surface area contributed by atoms with Crippen molar-refractivity contribution in [1.82, 2.24) is 4.90 Å². The summed E-state index contributed by atoms with van der Waals surface area (Å²) in [5.74, 6) is 0.935. The van der Waals surface area contributed by atoms with Gasteiger partial charge in [0.25, 0.3) is 0 Å². The molecule has 0 aromatic carbocycles. The van der Waals surface area contributed by atoms with Crippen molar-refractivity contribution in [2.45, 2.75) is 70.0 Å². The van der Waals surface area contributed by atoms with Crippen molar-refractivity contribution in [2.24, 2.45) is 11.7 Å². The van der Waals surface area contributed by atoms with Gasteiger partial charge in [0.15, 0.2) is 0 Å². The molecule has 100 valence electrons. The Bertz CT molecular complexity index is 255. The summed E-state index contributed by atoms with van der Waals surface area (Å²) < 4.78 is 0. The third kappa shape index (κ3) is 3.01. The molecule has 3 N–H and O–H groups in total. The minimum atomic E-state index is -0.426. The number of hydrogen-bond donors (Lipinski definition) is 2. The first-order valence-corrected chi connectivity index (χ1v) is 7.19. The molecule has 1 saturated carbocycles. The van der Waals surface area contributed by atoms with Crippen LogP contribution in [0.3, 0.4) is 0 Å². The maximum atomic E-state index is 9.29. The highest BCUT2D eigenvalue weighted by atomic mass is 16.3. The van der Waals surface area contributed by atoms with E-state index >= 15 is 0 Å². The topological polar surface area (TPSA) is 49.5 Å². The van der Waals surface area contributed by atoms with Gasteiger partial charge in [0, 0.05) is 17.6 Å². The van der Waals surface area contributed by atoms with Crippen LogP contribution in [-0.2, 0) is 0 Å². The molecule has 3 nitrogen and oxygen atoms in total. The molecule has 0 aromatic rings. The van der Waals surface area contributed by atoms with Crippen molar-refractivity contribution < 1.29 is 5.11 Å². The fourth-order valence-electron chi connectivity index (χ4n) is 3.90. The van der Waals surface area contributed by atoms with E-state index in [0.717, 1.165) is 18.4 Å². The molecule has 1 aliphatic heterocycles. The molecule has 0 amide bonds. The highest BCUT2D eigenvalue weighted by Gasteiger charge is 2.38. The van der Waals surface area contributed by atoms with E-state index in [1.165, 1.54) is 38.6 Å².